The SMILES string of the molecule is CCCCCCCCCCCC(=O)OC(=O)c1ccccc1C(=O)O. The summed E-state index contributed by atoms with van der Waals surface area (Å²) in [6.45, 7) is 2.20. The molecule has 1 rings (SSSR count). The molecule has 25 heavy (non-hydrogen) atoms. The second kappa shape index (κ2) is 12.2. The number of benzene rings is 1. The monoisotopic (exact) mass is 348 g/mol. The topological polar surface area (TPSA) is 80.7 Å². The van der Waals surface area contributed by atoms with Crippen molar-refractivity contribution >= 4 is 17.9 Å². The van der Waals surface area contributed by atoms with Gasteiger partial charge in [0.05, 0.1) is 11.1 Å². The second-order valence-electron chi connectivity index (χ2n) is 6.19. The van der Waals surface area contributed by atoms with E-state index in [-0.39, 0.29) is 17.5 Å². The van der Waals surface area contributed by atoms with Crippen LogP contribution in [0, 0.1) is 0 Å². The Morgan fingerprint density at radius 2 is 1.36 bits per heavy atom. The number of carbonyl (C=O) groups is 3. The Bertz CT molecular complexity index is 565. The quantitative estimate of drug-likeness (QED) is 0.327. The van der Waals surface area contributed by atoms with Crippen LogP contribution in [-0.2, 0) is 9.53 Å². The van der Waals surface area contributed by atoms with Gasteiger partial charge in [0, 0.05) is 6.42 Å². The third kappa shape index (κ3) is 8.47. The second-order valence-corrected chi connectivity index (χ2v) is 6.19. The first-order chi connectivity index (χ1) is 12.1. The van der Waals surface area contributed by atoms with Crippen molar-refractivity contribution in [3.63, 3.8) is 0 Å². The normalized spacial score (nSPS) is 10.4. The van der Waals surface area contributed by atoms with E-state index in [2.05, 4.69) is 6.92 Å². The fraction of sp³-hybridized carbons (Fsp3) is 0.550. The lowest BCUT2D eigenvalue weighted by Gasteiger charge is -2.06. The van der Waals surface area contributed by atoms with Crippen LogP contribution in [0.25, 0.3) is 0 Å². The highest BCUT2D eigenvalue weighted by atomic mass is 16.6. The maximum absolute atomic E-state index is 11.9. The molecule has 0 aliphatic carbocycles. The summed E-state index contributed by atoms with van der Waals surface area (Å²) in [4.78, 5) is 34.7. The molecule has 0 radical (unpaired) electrons. The molecule has 0 saturated carbocycles. The molecule has 5 nitrogen and oxygen atoms in total. The highest BCUT2D eigenvalue weighted by Gasteiger charge is 2.19. The van der Waals surface area contributed by atoms with Gasteiger partial charge in [-0.15, -0.1) is 0 Å². The average molecular weight is 348 g/mol. The van der Waals surface area contributed by atoms with Gasteiger partial charge in [-0.2, -0.15) is 0 Å². The lowest BCUT2D eigenvalue weighted by atomic mass is 10.1. The predicted octanol–water partition coefficient (Wildman–Crippen LogP) is 4.99. The molecular weight excluding hydrogens is 320 g/mol. The Balaban J connectivity index is 2.22. The molecule has 0 aliphatic rings. The Morgan fingerprint density at radius 3 is 1.92 bits per heavy atom. The number of esters is 2. The van der Waals surface area contributed by atoms with E-state index >= 15 is 0 Å². The number of ether oxygens (including phenoxy) is 1. The van der Waals surface area contributed by atoms with Gasteiger partial charge in [-0.1, -0.05) is 70.4 Å². The van der Waals surface area contributed by atoms with Gasteiger partial charge >= 0.3 is 17.9 Å². The van der Waals surface area contributed by atoms with Crippen LogP contribution in [0.4, 0.5) is 0 Å². The number of hydrogen-bond acceptors (Lipinski definition) is 4. The van der Waals surface area contributed by atoms with Gasteiger partial charge in [-0.25, -0.2) is 9.59 Å². The zero-order valence-electron chi connectivity index (χ0n) is 15.0. The smallest absolute Gasteiger partial charge is 0.346 e. The van der Waals surface area contributed by atoms with Crippen molar-refractivity contribution in [3.8, 4) is 0 Å². The fourth-order valence-corrected chi connectivity index (χ4v) is 2.64. The van der Waals surface area contributed by atoms with E-state index in [1.165, 1.54) is 62.8 Å². The van der Waals surface area contributed by atoms with Crippen LogP contribution < -0.4 is 0 Å². The van der Waals surface area contributed by atoms with E-state index in [1.54, 1.807) is 0 Å². The van der Waals surface area contributed by atoms with Crippen molar-refractivity contribution < 1.29 is 24.2 Å². The number of hydrogen-bond donors (Lipinski definition) is 1. The zero-order valence-corrected chi connectivity index (χ0v) is 15.0. The fourth-order valence-electron chi connectivity index (χ4n) is 2.64. The summed E-state index contributed by atoms with van der Waals surface area (Å²) >= 11 is 0. The summed E-state index contributed by atoms with van der Waals surface area (Å²) in [7, 11) is 0. The van der Waals surface area contributed by atoms with Gasteiger partial charge < -0.3 is 9.84 Å². The van der Waals surface area contributed by atoms with Crippen molar-refractivity contribution in [1.82, 2.24) is 0 Å². The molecule has 0 saturated heterocycles. The number of carboxylic acids is 1. The highest BCUT2D eigenvalue weighted by Crippen LogP contribution is 2.13. The van der Waals surface area contributed by atoms with Gasteiger partial charge in [-0.05, 0) is 18.6 Å². The molecule has 0 aromatic heterocycles. The van der Waals surface area contributed by atoms with Gasteiger partial charge in [0.25, 0.3) is 0 Å². The summed E-state index contributed by atoms with van der Waals surface area (Å²) < 4.78 is 4.76. The Hall–Kier alpha value is -2.17. The minimum absolute atomic E-state index is 0.101. The van der Waals surface area contributed by atoms with Crippen LogP contribution in [0.15, 0.2) is 24.3 Å². The van der Waals surface area contributed by atoms with Crippen LogP contribution in [0.1, 0.15) is 91.8 Å². The maximum Gasteiger partial charge on any atom is 0.346 e. The summed E-state index contributed by atoms with van der Waals surface area (Å²) in [6, 6.07) is 5.71. The number of carbonyl (C=O) groups excluding carboxylic acids is 2. The molecular formula is C20H28O5. The molecule has 0 aliphatic heterocycles. The molecule has 1 aromatic rings. The molecule has 0 fully saturated rings. The third-order valence-electron chi connectivity index (χ3n) is 4.07. The lowest BCUT2D eigenvalue weighted by Crippen LogP contribution is -2.15. The predicted molar refractivity (Wildman–Crippen MR) is 95.7 cm³/mol. The molecule has 0 bridgehead atoms. The molecule has 5 heteroatoms. The van der Waals surface area contributed by atoms with E-state index in [9.17, 15) is 14.4 Å². The van der Waals surface area contributed by atoms with E-state index in [0.717, 1.165) is 12.8 Å². The molecule has 138 valence electrons. The number of aromatic carboxylic acids is 1. The molecule has 1 aromatic carbocycles. The average Bonchev–Trinajstić information content (AvgIpc) is 2.60. The number of carboxylic acid groups (broad SMARTS) is 1. The molecule has 0 amide bonds. The summed E-state index contributed by atoms with van der Waals surface area (Å²) in [5, 5.41) is 9.05. The van der Waals surface area contributed by atoms with Crippen LogP contribution >= 0.6 is 0 Å². The number of unbranched alkanes of at least 4 members (excludes halogenated alkanes) is 8. The summed E-state index contributed by atoms with van der Waals surface area (Å²) in [5.74, 6) is -2.73. The minimum Gasteiger partial charge on any atom is -0.478 e. The van der Waals surface area contributed by atoms with Crippen molar-refractivity contribution in [2.75, 3.05) is 0 Å². The minimum atomic E-state index is -1.22. The van der Waals surface area contributed by atoms with E-state index in [4.69, 9.17) is 9.84 Å². The lowest BCUT2D eigenvalue weighted by molar-refractivity contribution is -0.138. The first-order valence-corrected chi connectivity index (χ1v) is 9.13. The van der Waals surface area contributed by atoms with Crippen LogP contribution in [0.5, 0.6) is 0 Å². The molecule has 0 unspecified atom stereocenters. The van der Waals surface area contributed by atoms with Crippen LogP contribution in [0.3, 0.4) is 0 Å². The van der Waals surface area contributed by atoms with Crippen molar-refractivity contribution in [2.45, 2.75) is 71.1 Å². The summed E-state index contributed by atoms with van der Waals surface area (Å²) in [6.07, 6.45) is 10.4. The molecule has 0 atom stereocenters. The zero-order chi connectivity index (χ0) is 18.5. The third-order valence-corrected chi connectivity index (χ3v) is 4.07. The van der Waals surface area contributed by atoms with Crippen molar-refractivity contribution in [1.29, 1.82) is 0 Å². The number of rotatable bonds is 12. The van der Waals surface area contributed by atoms with Crippen molar-refractivity contribution in [2.24, 2.45) is 0 Å². The summed E-state index contributed by atoms with van der Waals surface area (Å²) in [5.41, 5.74) is -0.265. The molecule has 1 N–H and O–H groups in total. The highest BCUT2D eigenvalue weighted by molar-refractivity contribution is 6.05. The molecule has 0 spiro atoms. The Morgan fingerprint density at radius 1 is 0.840 bits per heavy atom. The van der Waals surface area contributed by atoms with E-state index in [1.807, 2.05) is 0 Å². The Kier molecular flexibility index (Phi) is 10.2. The largest absolute Gasteiger partial charge is 0.478 e. The maximum atomic E-state index is 11.9. The van der Waals surface area contributed by atoms with Gasteiger partial charge in [0.15, 0.2) is 0 Å². The van der Waals surface area contributed by atoms with Crippen molar-refractivity contribution in [3.05, 3.63) is 35.4 Å². The van der Waals surface area contributed by atoms with E-state index in [0.29, 0.717) is 6.42 Å². The van der Waals surface area contributed by atoms with Gasteiger partial charge in [0.2, 0.25) is 0 Å². The Labute approximate surface area is 149 Å². The first kappa shape index (κ1) is 20.9. The van der Waals surface area contributed by atoms with Crippen LogP contribution in [0.2, 0.25) is 0 Å². The molecule has 0 heterocycles. The van der Waals surface area contributed by atoms with E-state index < -0.39 is 17.9 Å². The van der Waals surface area contributed by atoms with Gasteiger partial charge in [-0.3, -0.25) is 4.79 Å². The van der Waals surface area contributed by atoms with Gasteiger partial charge in [0.1, 0.15) is 0 Å². The standard InChI is InChI=1S/C20H28O5/c1-2-3-4-5-6-7-8-9-10-15-18(21)25-20(24)17-14-12-11-13-16(17)19(22)23/h11-14H,2-10,15H2,1H3,(H,22,23). The first-order valence-electron chi connectivity index (χ1n) is 9.13. The van der Waals surface area contributed by atoms with Crippen LogP contribution in [-0.4, -0.2) is 23.0 Å².